The second kappa shape index (κ2) is 2.99. The third kappa shape index (κ3) is 1.26. The summed E-state index contributed by atoms with van der Waals surface area (Å²) in [6, 6.07) is 1.68. The fraction of sp³-hybridized carbons (Fsp3) is 0.125. The fourth-order valence-corrected chi connectivity index (χ4v) is 1.08. The smallest absolute Gasteiger partial charge is 0.303 e. The quantitative estimate of drug-likeness (QED) is 0.677. The number of hydrogen-bond acceptors (Lipinski definition) is 5. The molecule has 2 heterocycles. The highest BCUT2D eigenvalue weighted by Gasteiger charge is 2.12. The third-order valence-corrected chi connectivity index (χ3v) is 1.77. The number of aromatic nitrogens is 3. The lowest BCUT2D eigenvalue weighted by molar-refractivity contribution is 0.424. The van der Waals surface area contributed by atoms with Gasteiger partial charge in [-0.15, -0.1) is 0 Å². The van der Waals surface area contributed by atoms with E-state index in [4.69, 9.17) is 10.3 Å². The van der Waals surface area contributed by atoms with Crippen LogP contribution in [-0.4, -0.2) is 15.1 Å². The van der Waals surface area contributed by atoms with Crippen LogP contribution in [0.4, 0.5) is 5.69 Å². The summed E-state index contributed by atoms with van der Waals surface area (Å²) in [5.41, 5.74) is 6.34. The van der Waals surface area contributed by atoms with Gasteiger partial charge in [-0.1, -0.05) is 0 Å². The van der Waals surface area contributed by atoms with Gasteiger partial charge in [0.05, 0.1) is 0 Å². The SMILES string of the molecule is Cc1cc(-c2o[nH]c(=O)c2N)ncn1. The molecule has 0 unspecified atom stereocenters. The second-order valence-electron chi connectivity index (χ2n) is 2.82. The van der Waals surface area contributed by atoms with E-state index >= 15 is 0 Å². The van der Waals surface area contributed by atoms with Gasteiger partial charge in [0.2, 0.25) is 5.76 Å². The van der Waals surface area contributed by atoms with Crippen LogP contribution in [0.5, 0.6) is 0 Å². The van der Waals surface area contributed by atoms with E-state index in [0.29, 0.717) is 5.69 Å². The molecule has 0 spiro atoms. The van der Waals surface area contributed by atoms with Crippen LogP contribution in [0, 0.1) is 6.92 Å². The van der Waals surface area contributed by atoms with E-state index < -0.39 is 5.56 Å². The normalized spacial score (nSPS) is 10.4. The van der Waals surface area contributed by atoms with Gasteiger partial charge in [-0.05, 0) is 13.0 Å². The average Bonchev–Trinajstić information content (AvgIpc) is 2.48. The number of nitrogen functional groups attached to an aromatic ring is 1. The summed E-state index contributed by atoms with van der Waals surface area (Å²) in [6.07, 6.45) is 1.39. The van der Waals surface area contributed by atoms with Gasteiger partial charge in [-0.25, -0.2) is 9.97 Å². The zero-order valence-electron chi connectivity index (χ0n) is 7.44. The molecule has 0 bridgehead atoms. The van der Waals surface area contributed by atoms with Crippen molar-refractivity contribution in [2.24, 2.45) is 0 Å². The van der Waals surface area contributed by atoms with Crippen molar-refractivity contribution in [3.63, 3.8) is 0 Å². The molecule has 72 valence electrons. The van der Waals surface area contributed by atoms with Gasteiger partial charge >= 0.3 is 5.56 Å². The van der Waals surface area contributed by atoms with Gasteiger partial charge in [0, 0.05) is 5.69 Å². The number of aromatic amines is 1. The first-order valence-corrected chi connectivity index (χ1v) is 3.94. The van der Waals surface area contributed by atoms with Crippen molar-refractivity contribution in [3.8, 4) is 11.5 Å². The number of rotatable bonds is 1. The fourth-order valence-electron chi connectivity index (χ4n) is 1.08. The van der Waals surface area contributed by atoms with Crippen LogP contribution in [-0.2, 0) is 0 Å². The maximum atomic E-state index is 11.0. The first-order valence-electron chi connectivity index (χ1n) is 3.94. The molecule has 3 N–H and O–H groups in total. The van der Waals surface area contributed by atoms with Gasteiger partial charge in [-0.2, -0.15) is 5.16 Å². The molecule has 2 aromatic heterocycles. The summed E-state index contributed by atoms with van der Waals surface area (Å²) in [7, 11) is 0. The number of nitrogens with two attached hydrogens (primary N) is 1. The molecule has 6 heteroatoms. The van der Waals surface area contributed by atoms with Crippen molar-refractivity contribution >= 4 is 5.69 Å². The maximum absolute atomic E-state index is 11.0. The van der Waals surface area contributed by atoms with Crippen LogP contribution in [0.25, 0.3) is 11.5 Å². The molecule has 0 atom stereocenters. The van der Waals surface area contributed by atoms with E-state index in [-0.39, 0.29) is 11.4 Å². The lowest BCUT2D eigenvalue weighted by Gasteiger charge is -1.96. The molecule has 0 saturated heterocycles. The topological polar surface area (TPSA) is 97.8 Å². The molecule has 0 saturated carbocycles. The zero-order chi connectivity index (χ0) is 10.1. The molecular formula is C8H8N4O2. The van der Waals surface area contributed by atoms with Crippen molar-refractivity contribution in [2.75, 3.05) is 5.73 Å². The first kappa shape index (κ1) is 8.49. The summed E-state index contributed by atoms with van der Waals surface area (Å²) in [5.74, 6) is 0.250. The summed E-state index contributed by atoms with van der Waals surface area (Å²) in [6.45, 7) is 1.81. The largest absolute Gasteiger partial charge is 0.391 e. The Morgan fingerprint density at radius 2 is 2.29 bits per heavy atom. The van der Waals surface area contributed by atoms with Gasteiger partial charge in [-0.3, -0.25) is 4.79 Å². The number of nitrogens with zero attached hydrogens (tertiary/aromatic N) is 2. The van der Waals surface area contributed by atoms with E-state index in [9.17, 15) is 4.79 Å². The van der Waals surface area contributed by atoms with Crippen LogP contribution >= 0.6 is 0 Å². The van der Waals surface area contributed by atoms with Crippen LogP contribution in [0.15, 0.2) is 21.7 Å². The zero-order valence-corrected chi connectivity index (χ0v) is 7.44. The van der Waals surface area contributed by atoms with Crippen molar-refractivity contribution in [2.45, 2.75) is 6.92 Å². The van der Waals surface area contributed by atoms with Crippen molar-refractivity contribution in [1.82, 2.24) is 15.1 Å². The summed E-state index contributed by atoms with van der Waals surface area (Å²) in [4.78, 5) is 18.8. The Bertz CT molecular complexity index is 514. The van der Waals surface area contributed by atoms with E-state index in [1.54, 1.807) is 6.07 Å². The predicted octanol–water partition coefficient (Wildman–Crippen LogP) is 0.316. The third-order valence-electron chi connectivity index (χ3n) is 1.77. The molecular weight excluding hydrogens is 184 g/mol. The highest BCUT2D eigenvalue weighted by atomic mass is 16.5. The molecule has 14 heavy (non-hydrogen) atoms. The van der Waals surface area contributed by atoms with Gasteiger partial charge in [0.1, 0.15) is 17.7 Å². The molecule has 0 fully saturated rings. The Hall–Kier alpha value is -2.11. The average molecular weight is 192 g/mol. The number of anilines is 1. The lowest BCUT2D eigenvalue weighted by Crippen LogP contribution is -2.04. The Kier molecular flexibility index (Phi) is 1.81. The lowest BCUT2D eigenvalue weighted by atomic mass is 10.2. The molecule has 0 aromatic carbocycles. The van der Waals surface area contributed by atoms with Crippen LogP contribution in [0.1, 0.15) is 5.69 Å². The molecule has 0 amide bonds. The maximum Gasteiger partial charge on any atom is 0.303 e. The Morgan fingerprint density at radius 1 is 1.50 bits per heavy atom. The Morgan fingerprint density at radius 3 is 2.86 bits per heavy atom. The predicted molar refractivity (Wildman–Crippen MR) is 49.5 cm³/mol. The van der Waals surface area contributed by atoms with Crippen LogP contribution in [0.3, 0.4) is 0 Å². The number of hydrogen-bond donors (Lipinski definition) is 2. The Labute approximate surface area is 78.8 Å². The Balaban J connectivity index is 2.60. The van der Waals surface area contributed by atoms with Crippen LogP contribution < -0.4 is 11.3 Å². The highest BCUT2D eigenvalue weighted by molar-refractivity contribution is 5.66. The molecule has 0 aliphatic heterocycles. The van der Waals surface area contributed by atoms with E-state index in [2.05, 4.69) is 15.1 Å². The van der Waals surface area contributed by atoms with Crippen molar-refractivity contribution in [3.05, 3.63) is 28.4 Å². The van der Waals surface area contributed by atoms with Crippen molar-refractivity contribution in [1.29, 1.82) is 0 Å². The van der Waals surface area contributed by atoms with Crippen LogP contribution in [0.2, 0.25) is 0 Å². The number of nitrogens with one attached hydrogen (secondary N) is 1. The molecule has 0 radical (unpaired) electrons. The minimum absolute atomic E-state index is 0.0306. The molecule has 0 aliphatic carbocycles. The second-order valence-corrected chi connectivity index (χ2v) is 2.82. The standard InChI is InChI=1S/C8H8N4O2/c1-4-2-5(11-3-10-4)7-6(9)8(13)12-14-7/h2-3H,9H2,1H3,(H,12,13). The van der Waals surface area contributed by atoms with Gasteiger partial charge in [0.15, 0.2) is 0 Å². The molecule has 6 nitrogen and oxygen atoms in total. The monoisotopic (exact) mass is 192 g/mol. The molecule has 0 aliphatic rings. The van der Waals surface area contributed by atoms with E-state index in [1.807, 2.05) is 6.92 Å². The van der Waals surface area contributed by atoms with Gasteiger partial charge < -0.3 is 10.3 Å². The minimum atomic E-state index is -0.448. The summed E-state index contributed by atoms with van der Waals surface area (Å²) in [5, 5.41) is 2.14. The number of H-pyrrole nitrogens is 1. The first-order chi connectivity index (χ1) is 6.68. The highest BCUT2D eigenvalue weighted by Crippen LogP contribution is 2.19. The van der Waals surface area contributed by atoms with E-state index in [0.717, 1.165) is 5.69 Å². The summed E-state index contributed by atoms with van der Waals surface area (Å²) < 4.78 is 4.88. The van der Waals surface area contributed by atoms with Crippen molar-refractivity contribution < 1.29 is 4.52 Å². The van der Waals surface area contributed by atoms with Gasteiger partial charge in [0.25, 0.3) is 0 Å². The summed E-state index contributed by atoms with van der Waals surface area (Å²) >= 11 is 0. The molecule has 2 rings (SSSR count). The minimum Gasteiger partial charge on any atom is -0.391 e. The van der Waals surface area contributed by atoms with E-state index in [1.165, 1.54) is 6.33 Å². The number of aryl methyl sites for hydroxylation is 1. The molecule has 2 aromatic rings.